The zero-order valence-electron chi connectivity index (χ0n) is 70.4. The second kappa shape index (κ2) is 52.5. The molecule has 0 saturated carbocycles. The first kappa shape index (κ1) is 92.1. The lowest BCUT2D eigenvalue weighted by Gasteiger charge is -2.51. The third-order valence-corrected chi connectivity index (χ3v) is 21.9. The molecule has 3 fully saturated rings. The standard InChI is InChI=1S/C101H121N3O18/c1-3-4-5-6-7-8-9-10-11-12-13-14-42-61-86(110-65-79-49-30-18-31-50-79)85(103-104-102)71-116-99-98(117-75(2)105)96(114-69-83-57-38-22-39-58-83)93(88(118-99)73-108-63-77-45-26-16-27-46-77)122-101-97(115-70-84-59-40-23-41-60-84)95(113-68-82-55-36-21-37-56-82)92(89(120-101)74-109-64-78-47-28-17-29-48-78)121-100-94(112-67-81-53-34-20-35-54-81)90(106)91(111-66-80-51-32-19-33-52-80)87(119-100)72-107-62-76-43-24-15-25-44-76/h15-61,85-101,106H,3-14,62-74H2,1-2H3/t85-,86+,87?,88?,89?,90-,91-,92-,93+,94?,95+,96+,97?,98?,99+,100-,101-/m0/s1. The van der Waals surface area contributed by atoms with Crippen molar-refractivity contribution in [2.75, 3.05) is 26.4 Å². The summed E-state index contributed by atoms with van der Waals surface area (Å²) < 4.78 is 114. The van der Waals surface area contributed by atoms with E-state index in [-0.39, 0.29) is 85.9 Å². The van der Waals surface area contributed by atoms with E-state index in [1.807, 2.05) is 279 Å². The predicted octanol–water partition coefficient (Wildman–Crippen LogP) is 19.3. The minimum atomic E-state index is -1.46. The van der Waals surface area contributed by atoms with Crippen molar-refractivity contribution in [2.45, 2.75) is 255 Å². The maximum absolute atomic E-state index is 14.1. The SMILES string of the molecule is CCCCCCCCCCCCCC=C[C@@H](OCc1ccccc1)[C@H](CO[C@@H]1OC(COCc2ccccc2)[C@@H](O[C@@H]2OC(COCc3ccccc3)[C@H](O[C@@H]3OC(COCc4ccccc4)[C@H](OCc4ccccc4)[C@H](O)C3OCc3ccccc3)[C@@H](OCc3ccccc3)C2OCc2ccccc2)[C@@H](OCc2ccccc2)C1OC(C)=O)N=[N+]=[N-]. The molecule has 0 radical (unpaired) electrons. The number of aliphatic hydroxyl groups is 1. The van der Waals surface area contributed by atoms with Gasteiger partial charge in [0, 0.05) is 11.8 Å². The number of hydrogen-bond donors (Lipinski definition) is 1. The zero-order chi connectivity index (χ0) is 84.2. The molecule has 0 aliphatic carbocycles. The Morgan fingerprint density at radius 2 is 0.689 bits per heavy atom. The Kier molecular flexibility index (Phi) is 39.6. The second-order valence-electron chi connectivity index (χ2n) is 31.3. The van der Waals surface area contributed by atoms with Crippen LogP contribution >= 0.6 is 0 Å². The number of unbranched alkanes of at least 4 members (excludes halogenated alkanes) is 11. The number of benzene rings is 9. The fourth-order valence-electron chi connectivity index (χ4n) is 15.4. The fourth-order valence-corrected chi connectivity index (χ4v) is 15.4. The minimum absolute atomic E-state index is 0.00614. The maximum Gasteiger partial charge on any atom is 0.303 e. The monoisotopic (exact) mass is 1660 g/mol. The highest BCUT2D eigenvalue weighted by Gasteiger charge is 2.58. The van der Waals surface area contributed by atoms with Crippen molar-refractivity contribution in [3.05, 3.63) is 346 Å². The molecule has 3 aliphatic heterocycles. The van der Waals surface area contributed by atoms with E-state index in [9.17, 15) is 15.4 Å². The number of esters is 1. The van der Waals surface area contributed by atoms with Crippen molar-refractivity contribution < 1.29 is 85.7 Å². The molecule has 122 heavy (non-hydrogen) atoms. The highest BCUT2D eigenvalue weighted by atomic mass is 16.8. The van der Waals surface area contributed by atoms with E-state index >= 15 is 0 Å². The molecule has 21 heteroatoms. The molecule has 1 N–H and O–H groups in total. The summed E-state index contributed by atoms with van der Waals surface area (Å²) in [4.78, 5) is 17.5. The number of carbonyl (C=O) groups is 1. The van der Waals surface area contributed by atoms with Crippen LogP contribution in [-0.4, -0.2) is 142 Å². The molecule has 0 bridgehead atoms. The topological polar surface area (TPSA) is 234 Å². The van der Waals surface area contributed by atoms with Crippen LogP contribution in [0.2, 0.25) is 0 Å². The summed E-state index contributed by atoms with van der Waals surface area (Å²) in [6.07, 6.45) is -1.20. The van der Waals surface area contributed by atoms with Crippen LogP contribution in [0.3, 0.4) is 0 Å². The van der Waals surface area contributed by atoms with Gasteiger partial charge in [-0.15, -0.1) is 0 Å². The van der Waals surface area contributed by atoms with Gasteiger partial charge in [0.05, 0.1) is 98.0 Å². The van der Waals surface area contributed by atoms with Gasteiger partial charge < -0.3 is 80.9 Å². The fraction of sp³-hybridized carbons (Fsp3) is 0.436. The number of ether oxygens (including phenoxy) is 16. The molecular weight excluding hydrogens is 1540 g/mol. The predicted molar refractivity (Wildman–Crippen MR) is 465 cm³/mol. The Morgan fingerprint density at radius 1 is 0.377 bits per heavy atom. The summed E-state index contributed by atoms with van der Waals surface area (Å²) in [6.45, 7) is 3.91. The smallest absolute Gasteiger partial charge is 0.303 e. The van der Waals surface area contributed by atoms with Crippen LogP contribution in [0.4, 0.5) is 0 Å². The Balaban J connectivity index is 0.924. The maximum atomic E-state index is 14.1. The quantitative estimate of drug-likeness (QED) is 0.00932. The Bertz CT molecular complexity index is 4360. The Hall–Kier alpha value is -9.14. The van der Waals surface area contributed by atoms with Crippen LogP contribution in [0.5, 0.6) is 0 Å². The number of rotatable bonds is 53. The molecule has 9 aromatic rings. The van der Waals surface area contributed by atoms with E-state index in [0.717, 1.165) is 75.8 Å². The lowest BCUT2D eigenvalue weighted by Crippen LogP contribution is -2.68. The van der Waals surface area contributed by atoms with E-state index < -0.39 is 110 Å². The third-order valence-electron chi connectivity index (χ3n) is 21.9. The van der Waals surface area contributed by atoms with Crippen molar-refractivity contribution in [3.8, 4) is 0 Å². The molecule has 0 amide bonds. The van der Waals surface area contributed by atoms with Gasteiger partial charge >= 0.3 is 5.97 Å². The average Bonchev–Trinajstić information content (AvgIpc) is 0.728. The molecule has 12 rings (SSSR count). The third kappa shape index (κ3) is 30.4. The molecule has 6 unspecified atom stereocenters. The van der Waals surface area contributed by atoms with Crippen LogP contribution in [-0.2, 0) is 140 Å². The van der Waals surface area contributed by atoms with Crippen LogP contribution in [0.25, 0.3) is 10.4 Å². The average molecular weight is 1670 g/mol. The van der Waals surface area contributed by atoms with Crippen LogP contribution < -0.4 is 0 Å². The first-order chi connectivity index (χ1) is 60.2. The summed E-state index contributed by atoms with van der Waals surface area (Å²) >= 11 is 0. The van der Waals surface area contributed by atoms with Gasteiger partial charge in [0.1, 0.15) is 67.1 Å². The van der Waals surface area contributed by atoms with Gasteiger partial charge in [-0.2, -0.15) is 0 Å². The molecular formula is C101H121N3O18. The summed E-state index contributed by atoms with van der Waals surface area (Å²) in [7, 11) is 0. The Labute approximate surface area is 719 Å². The van der Waals surface area contributed by atoms with Crippen LogP contribution in [0, 0.1) is 0 Å². The lowest BCUT2D eigenvalue weighted by atomic mass is 9.95. The van der Waals surface area contributed by atoms with Crippen LogP contribution in [0.15, 0.2) is 290 Å². The van der Waals surface area contributed by atoms with E-state index in [4.69, 9.17) is 75.8 Å². The van der Waals surface area contributed by atoms with Crippen molar-refractivity contribution in [2.24, 2.45) is 5.11 Å². The molecule has 17 atom stereocenters. The summed E-state index contributed by atoms with van der Waals surface area (Å²) in [5, 5.41) is 17.6. The molecule has 3 aliphatic rings. The summed E-state index contributed by atoms with van der Waals surface area (Å²) in [6, 6.07) is 86.8. The van der Waals surface area contributed by atoms with Crippen molar-refractivity contribution in [3.63, 3.8) is 0 Å². The van der Waals surface area contributed by atoms with Crippen molar-refractivity contribution >= 4 is 5.97 Å². The molecule has 9 aromatic carbocycles. The lowest BCUT2D eigenvalue weighted by molar-refractivity contribution is -0.393. The molecule has 3 saturated heterocycles. The number of azide groups is 1. The highest BCUT2D eigenvalue weighted by Crippen LogP contribution is 2.40. The normalized spacial score (nSPS) is 23.4. The number of aliphatic hydroxyl groups excluding tert-OH is 1. The number of carbonyl (C=O) groups excluding carboxylic acids is 1. The van der Waals surface area contributed by atoms with E-state index in [2.05, 4.69) is 23.0 Å². The number of hydrogen-bond acceptors (Lipinski definition) is 19. The van der Waals surface area contributed by atoms with Gasteiger partial charge in [-0.25, -0.2) is 0 Å². The molecule has 21 nitrogen and oxygen atoms in total. The number of allylic oxidation sites excluding steroid dienone is 1. The van der Waals surface area contributed by atoms with Crippen molar-refractivity contribution in [1.29, 1.82) is 0 Å². The van der Waals surface area contributed by atoms with Gasteiger partial charge in [0.15, 0.2) is 25.0 Å². The minimum Gasteiger partial charge on any atom is -0.454 e. The van der Waals surface area contributed by atoms with E-state index in [0.29, 0.717) is 0 Å². The molecule has 0 aromatic heterocycles. The van der Waals surface area contributed by atoms with Gasteiger partial charge in [0.2, 0.25) is 0 Å². The molecule has 0 spiro atoms. The highest BCUT2D eigenvalue weighted by molar-refractivity contribution is 5.66. The molecule has 3 heterocycles. The van der Waals surface area contributed by atoms with Gasteiger partial charge in [-0.1, -0.05) is 361 Å². The second-order valence-corrected chi connectivity index (χ2v) is 31.3. The largest absolute Gasteiger partial charge is 0.454 e. The summed E-state index contributed by atoms with van der Waals surface area (Å²) in [5.41, 5.74) is 18.2. The number of nitrogens with zero attached hydrogens (tertiary/aromatic N) is 3. The van der Waals surface area contributed by atoms with Gasteiger partial charge in [-0.3, -0.25) is 4.79 Å². The first-order valence-corrected chi connectivity index (χ1v) is 43.4. The van der Waals surface area contributed by atoms with Gasteiger partial charge in [-0.05, 0) is 68.4 Å². The zero-order valence-corrected chi connectivity index (χ0v) is 70.4. The van der Waals surface area contributed by atoms with E-state index in [1.54, 1.807) is 0 Å². The Morgan fingerprint density at radius 3 is 1.07 bits per heavy atom. The summed E-state index contributed by atoms with van der Waals surface area (Å²) in [5.74, 6) is -0.679. The van der Waals surface area contributed by atoms with Gasteiger partial charge in [0.25, 0.3) is 0 Å². The van der Waals surface area contributed by atoms with E-state index in [1.165, 1.54) is 58.3 Å². The van der Waals surface area contributed by atoms with Crippen LogP contribution in [0.1, 0.15) is 141 Å². The van der Waals surface area contributed by atoms with Crippen molar-refractivity contribution in [1.82, 2.24) is 0 Å². The first-order valence-electron chi connectivity index (χ1n) is 43.4. The molecule has 648 valence electrons.